The predicted octanol–water partition coefficient (Wildman–Crippen LogP) is 1.96. The van der Waals surface area contributed by atoms with E-state index in [2.05, 4.69) is 4.99 Å². The average molecular weight is 332 g/mol. The first-order valence-electron chi connectivity index (χ1n) is 7.54. The molecule has 0 unspecified atom stereocenters. The Hall–Kier alpha value is -2.02. The number of carbonyl (C=O) groups excluding carboxylic acids is 2. The van der Waals surface area contributed by atoms with Gasteiger partial charge in [0.05, 0.1) is 18.4 Å². The van der Waals surface area contributed by atoms with Gasteiger partial charge in [0.2, 0.25) is 11.6 Å². The summed E-state index contributed by atoms with van der Waals surface area (Å²) >= 11 is 1.39. The molecule has 23 heavy (non-hydrogen) atoms. The Morgan fingerprint density at radius 3 is 3.09 bits per heavy atom. The lowest BCUT2D eigenvalue weighted by molar-refractivity contribution is -0.163. The summed E-state index contributed by atoms with van der Waals surface area (Å²) in [5.74, 6) is -0.103. The molecule has 1 fully saturated rings. The number of fused-ring (bicyclic) bond motifs is 6. The molecule has 1 saturated heterocycles. The zero-order valence-corrected chi connectivity index (χ0v) is 13.6. The van der Waals surface area contributed by atoms with E-state index in [1.54, 1.807) is 18.7 Å². The highest BCUT2D eigenvalue weighted by molar-refractivity contribution is 8.15. The highest BCUT2D eigenvalue weighted by Gasteiger charge is 2.60. The lowest BCUT2D eigenvalue weighted by Gasteiger charge is -2.48. The molecular formula is C16H16N2O4S. The normalized spacial score (nSPS) is 31.0. The van der Waals surface area contributed by atoms with Crippen LogP contribution in [0.4, 0.5) is 0 Å². The van der Waals surface area contributed by atoms with Crippen molar-refractivity contribution in [3.05, 3.63) is 29.8 Å². The minimum absolute atomic E-state index is 0.0354. The molecule has 4 rings (SSSR count). The Balaban J connectivity index is 1.92. The van der Waals surface area contributed by atoms with Gasteiger partial charge in [-0.1, -0.05) is 30.0 Å². The van der Waals surface area contributed by atoms with Crippen molar-refractivity contribution in [3.8, 4) is 5.75 Å². The van der Waals surface area contributed by atoms with Gasteiger partial charge in [-0.05, 0) is 19.9 Å². The Kier molecular flexibility index (Phi) is 3.16. The number of ether oxygens (including phenoxy) is 2. The number of carbonyl (C=O) groups is 2. The van der Waals surface area contributed by atoms with Gasteiger partial charge < -0.3 is 9.47 Å². The Bertz CT molecular complexity index is 735. The van der Waals surface area contributed by atoms with Gasteiger partial charge in [-0.3, -0.25) is 14.5 Å². The van der Waals surface area contributed by atoms with Crippen LogP contribution in [0.25, 0.3) is 0 Å². The monoisotopic (exact) mass is 332 g/mol. The van der Waals surface area contributed by atoms with Crippen LogP contribution in [0.1, 0.15) is 25.5 Å². The van der Waals surface area contributed by atoms with Gasteiger partial charge in [0.1, 0.15) is 11.7 Å². The third-order valence-corrected chi connectivity index (χ3v) is 5.32. The zero-order valence-electron chi connectivity index (χ0n) is 12.8. The summed E-state index contributed by atoms with van der Waals surface area (Å²) in [5.41, 5.74) is -0.236. The van der Waals surface area contributed by atoms with Crippen LogP contribution in [0.5, 0.6) is 5.75 Å². The molecule has 1 amide bonds. The molecule has 6 nitrogen and oxygen atoms in total. The zero-order chi connectivity index (χ0) is 16.2. The van der Waals surface area contributed by atoms with E-state index in [0.29, 0.717) is 16.7 Å². The van der Waals surface area contributed by atoms with Crippen LogP contribution in [-0.4, -0.2) is 40.0 Å². The fourth-order valence-electron chi connectivity index (χ4n) is 3.46. The number of hydrogen-bond acceptors (Lipinski definition) is 6. The van der Waals surface area contributed by atoms with Gasteiger partial charge in [-0.25, -0.2) is 4.99 Å². The SMILES string of the molecule is CCOC(=O)[C@@H]1[C@@H]2c3ccccc3O[C@]1(C)N=C1SCC(=O)N12. The summed E-state index contributed by atoms with van der Waals surface area (Å²) in [6, 6.07) is 7.06. The number of nitrogens with zero attached hydrogens (tertiary/aromatic N) is 2. The Morgan fingerprint density at radius 2 is 2.30 bits per heavy atom. The smallest absolute Gasteiger partial charge is 0.317 e. The van der Waals surface area contributed by atoms with Crippen molar-refractivity contribution < 1.29 is 19.1 Å². The molecule has 0 aromatic heterocycles. The van der Waals surface area contributed by atoms with Crippen molar-refractivity contribution in [2.45, 2.75) is 25.6 Å². The molecule has 1 aromatic carbocycles. The van der Waals surface area contributed by atoms with E-state index in [1.165, 1.54) is 11.8 Å². The van der Waals surface area contributed by atoms with E-state index in [0.717, 1.165) is 5.56 Å². The molecule has 0 spiro atoms. The Morgan fingerprint density at radius 1 is 1.52 bits per heavy atom. The average Bonchev–Trinajstić information content (AvgIpc) is 2.86. The maximum Gasteiger partial charge on any atom is 0.317 e. The van der Waals surface area contributed by atoms with Crippen LogP contribution >= 0.6 is 11.8 Å². The van der Waals surface area contributed by atoms with Gasteiger partial charge in [-0.15, -0.1) is 0 Å². The molecule has 0 N–H and O–H groups in total. The molecule has 3 heterocycles. The second kappa shape index (κ2) is 4.99. The third-order valence-electron chi connectivity index (χ3n) is 4.38. The van der Waals surface area contributed by atoms with E-state index >= 15 is 0 Å². The van der Waals surface area contributed by atoms with E-state index in [4.69, 9.17) is 9.47 Å². The van der Waals surface area contributed by atoms with Crippen molar-refractivity contribution >= 4 is 28.8 Å². The first-order chi connectivity index (χ1) is 11.0. The van der Waals surface area contributed by atoms with Crippen LogP contribution in [0.15, 0.2) is 29.3 Å². The standard InChI is InChI=1S/C16H16N2O4S/c1-3-21-14(20)12-13-9-6-4-5-7-10(9)22-16(12,2)17-15-18(13)11(19)8-23-15/h4-7,12-13H,3,8H2,1-2H3/t12-,13-,16-/m0/s1. The van der Waals surface area contributed by atoms with E-state index < -0.39 is 17.7 Å². The quantitative estimate of drug-likeness (QED) is 0.775. The van der Waals surface area contributed by atoms with Crippen molar-refractivity contribution in [3.63, 3.8) is 0 Å². The molecule has 3 aliphatic heterocycles. The molecule has 0 radical (unpaired) electrons. The lowest BCUT2D eigenvalue weighted by atomic mass is 9.80. The van der Waals surface area contributed by atoms with Crippen molar-refractivity contribution in [1.82, 2.24) is 4.90 Å². The summed E-state index contributed by atoms with van der Waals surface area (Å²) < 4.78 is 11.3. The maximum atomic E-state index is 12.6. The van der Waals surface area contributed by atoms with Gasteiger partial charge >= 0.3 is 5.97 Å². The van der Waals surface area contributed by atoms with E-state index in [9.17, 15) is 9.59 Å². The second-order valence-corrected chi connectivity index (χ2v) is 6.76. The van der Waals surface area contributed by atoms with Crippen LogP contribution in [0, 0.1) is 5.92 Å². The molecule has 0 saturated carbocycles. The fourth-order valence-corrected chi connectivity index (χ4v) is 4.45. The maximum absolute atomic E-state index is 12.6. The molecule has 3 atom stereocenters. The molecule has 0 aliphatic carbocycles. The number of para-hydroxylation sites is 1. The van der Waals surface area contributed by atoms with Crippen molar-refractivity contribution in [2.24, 2.45) is 10.9 Å². The van der Waals surface area contributed by atoms with Crippen LogP contribution in [0.2, 0.25) is 0 Å². The summed E-state index contributed by atoms with van der Waals surface area (Å²) in [6.45, 7) is 3.82. The molecule has 120 valence electrons. The fraction of sp³-hybridized carbons (Fsp3) is 0.438. The van der Waals surface area contributed by atoms with E-state index in [-0.39, 0.29) is 18.5 Å². The van der Waals surface area contributed by atoms with Crippen molar-refractivity contribution in [1.29, 1.82) is 0 Å². The molecule has 1 aromatic rings. The minimum atomic E-state index is -1.06. The molecule has 7 heteroatoms. The van der Waals surface area contributed by atoms with Crippen LogP contribution < -0.4 is 4.74 Å². The second-order valence-electron chi connectivity index (χ2n) is 5.82. The lowest BCUT2D eigenvalue weighted by Crippen LogP contribution is -2.59. The largest absolute Gasteiger partial charge is 0.466 e. The first kappa shape index (κ1) is 14.6. The number of hydrogen-bond donors (Lipinski definition) is 0. The summed E-state index contributed by atoms with van der Waals surface area (Å²) in [7, 11) is 0. The number of benzene rings is 1. The predicted molar refractivity (Wildman–Crippen MR) is 85.1 cm³/mol. The number of esters is 1. The van der Waals surface area contributed by atoms with E-state index in [1.807, 2.05) is 24.3 Å². The minimum Gasteiger partial charge on any atom is -0.466 e. The molecular weight excluding hydrogens is 316 g/mol. The van der Waals surface area contributed by atoms with Gasteiger partial charge in [0.15, 0.2) is 5.17 Å². The summed E-state index contributed by atoms with van der Waals surface area (Å²) in [6.07, 6.45) is 0. The summed E-state index contributed by atoms with van der Waals surface area (Å²) in [5, 5.41) is 0.623. The van der Waals surface area contributed by atoms with Gasteiger partial charge in [-0.2, -0.15) is 0 Å². The highest BCUT2D eigenvalue weighted by Crippen LogP contribution is 2.52. The van der Waals surface area contributed by atoms with Gasteiger partial charge in [0, 0.05) is 5.56 Å². The highest BCUT2D eigenvalue weighted by atomic mass is 32.2. The summed E-state index contributed by atoms with van der Waals surface area (Å²) in [4.78, 5) is 31.2. The number of thioether (sulfide) groups is 1. The van der Waals surface area contributed by atoms with Crippen LogP contribution in [0.3, 0.4) is 0 Å². The number of aliphatic imine (C=N–C) groups is 1. The van der Waals surface area contributed by atoms with Crippen molar-refractivity contribution in [2.75, 3.05) is 12.4 Å². The number of amidine groups is 1. The Labute approximate surface area is 137 Å². The molecule has 2 bridgehead atoms. The van der Waals surface area contributed by atoms with Crippen LogP contribution in [-0.2, 0) is 14.3 Å². The first-order valence-corrected chi connectivity index (χ1v) is 8.53. The number of rotatable bonds is 2. The van der Waals surface area contributed by atoms with Gasteiger partial charge in [0.25, 0.3) is 0 Å². The third kappa shape index (κ3) is 1.99. The topological polar surface area (TPSA) is 68.2 Å². The molecule has 3 aliphatic rings. The number of amides is 1.